The van der Waals surface area contributed by atoms with E-state index >= 15 is 0 Å². The largest absolute Gasteiger partial charge is 0.326 e. The van der Waals surface area contributed by atoms with Crippen LogP contribution in [0.2, 0.25) is 0 Å². The van der Waals surface area contributed by atoms with E-state index in [4.69, 9.17) is 0 Å². The first kappa shape index (κ1) is 15.7. The first-order valence-corrected chi connectivity index (χ1v) is 6.90. The van der Waals surface area contributed by atoms with Crippen molar-refractivity contribution in [2.45, 2.75) is 13.5 Å². The van der Waals surface area contributed by atoms with Crippen LogP contribution in [0.4, 0.5) is 11.4 Å². The Morgan fingerprint density at radius 2 is 1.55 bits per heavy atom. The van der Waals surface area contributed by atoms with E-state index in [2.05, 4.69) is 20.9 Å². The van der Waals surface area contributed by atoms with Crippen molar-refractivity contribution < 1.29 is 9.59 Å². The summed E-state index contributed by atoms with van der Waals surface area (Å²) in [6.45, 7) is 2.28. The lowest BCUT2D eigenvalue weighted by Crippen LogP contribution is -2.27. The highest BCUT2D eigenvalue weighted by Crippen LogP contribution is 2.13. The minimum Gasteiger partial charge on any atom is -0.326 e. The van der Waals surface area contributed by atoms with E-state index in [0.717, 1.165) is 5.56 Å². The Bertz CT molecular complexity index is 626. The highest BCUT2D eigenvalue weighted by Gasteiger charge is 2.02. The lowest BCUT2D eigenvalue weighted by molar-refractivity contribution is -0.115. The van der Waals surface area contributed by atoms with Crippen LogP contribution in [-0.4, -0.2) is 23.3 Å². The van der Waals surface area contributed by atoms with Gasteiger partial charge in [-0.25, -0.2) is 0 Å². The number of rotatable bonds is 6. The van der Waals surface area contributed by atoms with Gasteiger partial charge in [0.25, 0.3) is 0 Å². The van der Waals surface area contributed by atoms with Gasteiger partial charge in [-0.15, -0.1) is 0 Å². The number of nitrogens with zero attached hydrogens (tertiary/aromatic N) is 1. The lowest BCUT2D eigenvalue weighted by Gasteiger charge is -2.08. The van der Waals surface area contributed by atoms with E-state index in [0.29, 0.717) is 17.9 Å². The molecule has 6 heteroatoms. The number of aromatic nitrogens is 1. The van der Waals surface area contributed by atoms with Crippen LogP contribution in [0.1, 0.15) is 12.5 Å². The van der Waals surface area contributed by atoms with Crippen LogP contribution in [0.15, 0.2) is 48.8 Å². The molecular weight excluding hydrogens is 280 g/mol. The molecule has 114 valence electrons. The first-order valence-electron chi connectivity index (χ1n) is 6.90. The SMILES string of the molecule is CC(=O)Nc1ccc(NC(=O)CNCc2ccncc2)cc1. The second-order valence-corrected chi connectivity index (χ2v) is 4.77. The van der Waals surface area contributed by atoms with Crippen LogP contribution < -0.4 is 16.0 Å². The second kappa shape index (κ2) is 7.90. The fraction of sp³-hybridized carbons (Fsp3) is 0.188. The Balaban J connectivity index is 1.75. The van der Waals surface area contributed by atoms with E-state index in [1.807, 2.05) is 12.1 Å². The van der Waals surface area contributed by atoms with Gasteiger partial charge in [-0.1, -0.05) is 0 Å². The topological polar surface area (TPSA) is 83.1 Å². The smallest absolute Gasteiger partial charge is 0.238 e. The first-order chi connectivity index (χ1) is 10.6. The van der Waals surface area contributed by atoms with Crippen molar-refractivity contribution in [3.8, 4) is 0 Å². The Morgan fingerprint density at radius 1 is 0.955 bits per heavy atom. The summed E-state index contributed by atoms with van der Waals surface area (Å²) in [5.74, 6) is -0.251. The predicted molar refractivity (Wildman–Crippen MR) is 85.3 cm³/mol. The summed E-state index contributed by atoms with van der Waals surface area (Å²) in [4.78, 5) is 26.7. The van der Waals surface area contributed by atoms with Crippen LogP contribution in [0.5, 0.6) is 0 Å². The van der Waals surface area contributed by atoms with E-state index in [-0.39, 0.29) is 18.4 Å². The summed E-state index contributed by atoms with van der Waals surface area (Å²) >= 11 is 0. The third-order valence-electron chi connectivity index (χ3n) is 2.85. The molecule has 6 nitrogen and oxygen atoms in total. The molecule has 2 aromatic rings. The minimum atomic E-state index is -0.128. The summed E-state index contributed by atoms with van der Waals surface area (Å²) in [7, 11) is 0. The number of carbonyl (C=O) groups excluding carboxylic acids is 2. The van der Waals surface area contributed by atoms with Crippen molar-refractivity contribution in [1.82, 2.24) is 10.3 Å². The number of pyridine rings is 1. The molecule has 0 saturated heterocycles. The number of carbonyl (C=O) groups is 2. The minimum absolute atomic E-state index is 0.124. The molecule has 0 fully saturated rings. The summed E-state index contributed by atoms with van der Waals surface area (Å²) < 4.78 is 0. The van der Waals surface area contributed by atoms with Crippen LogP contribution in [0.3, 0.4) is 0 Å². The monoisotopic (exact) mass is 298 g/mol. The summed E-state index contributed by atoms with van der Waals surface area (Å²) in [5, 5.41) is 8.51. The van der Waals surface area contributed by atoms with Gasteiger partial charge in [0.2, 0.25) is 11.8 Å². The maximum absolute atomic E-state index is 11.8. The lowest BCUT2D eigenvalue weighted by atomic mass is 10.2. The van der Waals surface area contributed by atoms with E-state index in [1.165, 1.54) is 6.92 Å². The van der Waals surface area contributed by atoms with Crippen molar-refractivity contribution in [2.24, 2.45) is 0 Å². The molecule has 0 bridgehead atoms. The highest BCUT2D eigenvalue weighted by molar-refractivity contribution is 5.93. The van der Waals surface area contributed by atoms with Crippen LogP contribution in [0, 0.1) is 0 Å². The summed E-state index contributed by atoms with van der Waals surface area (Å²) in [6.07, 6.45) is 3.43. The Morgan fingerprint density at radius 3 is 2.14 bits per heavy atom. The van der Waals surface area contributed by atoms with Gasteiger partial charge in [0, 0.05) is 37.2 Å². The highest BCUT2D eigenvalue weighted by atomic mass is 16.2. The van der Waals surface area contributed by atoms with Crippen LogP contribution in [0.25, 0.3) is 0 Å². The maximum atomic E-state index is 11.8. The molecular formula is C16H18N4O2. The molecule has 1 heterocycles. The fourth-order valence-electron chi connectivity index (χ4n) is 1.87. The Kier molecular flexibility index (Phi) is 5.62. The molecule has 0 radical (unpaired) electrons. The normalized spacial score (nSPS) is 10.0. The van der Waals surface area contributed by atoms with Gasteiger partial charge in [0.15, 0.2) is 0 Å². The average molecular weight is 298 g/mol. The molecule has 0 spiro atoms. The number of anilines is 2. The Labute approximate surface area is 129 Å². The number of hydrogen-bond acceptors (Lipinski definition) is 4. The van der Waals surface area contributed by atoms with Crippen molar-refractivity contribution >= 4 is 23.2 Å². The van der Waals surface area contributed by atoms with E-state index in [1.54, 1.807) is 36.7 Å². The molecule has 3 N–H and O–H groups in total. The van der Waals surface area contributed by atoms with E-state index in [9.17, 15) is 9.59 Å². The zero-order valence-electron chi connectivity index (χ0n) is 12.3. The molecule has 0 unspecified atom stereocenters. The molecule has 0 atom stereocenters. The number of amides is 2. The van der Waals surface area contributed by atoms with Gasteiger partial charge < -0.3 is 16.0 Å². The predicted octanol–water partition coefficient (Wildman–Crippen LogP) is 1.77. The summed E-state index contributed by atoms with van der Waals surface area (Å²) in [6, 6.07) is 10.7. The van der Waals surface area contributed by atoms with Crippen LogP contribution in [-0.2, 0) is 16.1 Å². The van der Waals surface area contributed by atoms with Crippen molar-refractivity contribution in [1.29, 1.82) is 0 Å². The molecule has 0 aliphatic heterocycles. The standard InChI is InChI=1S/C16H18N4O2/c1-12(21)19-14-2-4-15(5-3-14)20-16(22)11-18-10-13-6-8-17-9-7-13/h2-9,18H,10-11H2,1H3,(H,19,21)(H,20,22). The van der Waals surface area contributed by atoms with E-state index < -0.39 is 0 Å². The molecule has 2 rings (SSSR count). The molecule has 0 aliphatic carbocycles. The maximum Gasteiger partial charge on any atom is 0.238 e. The average Bonchev–Trinajstić information content (AvgIpc) is 2.50. The number of hydrogen-bond donors (Lipinski definition) is 3. The van der Waals surface area contributed by atoms with Gasteiger partial charge in [0.05, 0.1) is 6.54 Å². The third kappa shape index (κ3) is 5.34. The Hall–Kier alpha value is -2.73. The van der Waals surface area contributed by atoms with Gasteiger partial charge >= 0.3 is 0 Å². The fourth-order valence-corrected chi connectivity index (χ4v) is 1.87. The molecule has 22 heavy (non-hydrogen) atoms. The number of nitrogens with one attached hydrogen (secondary N) is 3. The summed E-state index contributed by atoms with van der Waals surface area (Å²) in [5.41, 5.74) is 2.45. The van der Waals surface area contributed by atoms with Gasteiger partial charge in [-0.3, -0.25) is 14.6 Å². The number of benzene rings is 1. The molecule has 1 aromatic heterocycles. The molecule has 1 aromatic carbocycles. The van der Waals surface area contributed by atoms with Gasteiger partial charge in [-0.2, -0.15) is 0 Å². The van der Waals surface area contributed by atoms with Crippen molar-refractivity contribution in [2.75, 3.05) is 17.2 Å². The van der Waals surface area contributed by atoms with Crippen LogP contribution >= 0.6 is 0 Å². The second-order valence-electron chi connectivity index (χ2n) is 4.77. The van der Waals surface area contributed by atoms with Gasteiger partial charge in [0.1, 0.15) is 0 Å². The van der Waals surface area contributed by atoms with Gasteiger partial charge in [-0.05, 0) is 42.0 Å². The molecule has 0 saturated carbocycles. The van der Waals surface area contributed by atoms with Crippen molar-refractivity contribution in [3.63, 3.8) is 0 Å². The molecule has 2 amide bonds. The molecule has 0 aliphatic rings. The zero-order chi connectivity index (χ0) is 15.8. The third-order valence-corrected chi connectivity index (χ3v) is 2.85. The quantitative estimate of drug-likeness (QED) is 0.759. The van der Waals surface area contributed by atoms with Crippen molar-refractivity contribution in [3.05, 3.63) is 54.4 Å². The zero-order valence-corrected chi connectivity index (χ0v) is 12.3.